The summed E-state index contributed by atoms with van der Waals surface area (Å²) >= 11 is 0. The zero-order chi connectivity index (χ0) is 13.4. The molecule has 0 radical (unpaired) electrons. The van der Waals surface area contributed by atoms with Gasteiger partial charge in [0.1, 0.15) is 0 Å². The molecular formula is C5H8N12. The molecule has 0 amide bonds. The van der Waals surface area contributed by atoms with Crippen molar-refractivity contribution in [2.75, 3.05) is 6.54 Å². The molecule has 0 saturated carbocycles. The summed E-state index contributed by atoms with van der Waals surface area (Å²) in [5.41, 5.74) is 32.4. The number of nitrogens with zero attached hydrogens (tertiary/aromatic N) is 12. The molecule has 12 heteroatoms. The molecule has 17 heavy (non-hydrogen) atoms. The summed E-state index contributed by atoms with van der Waals surface area (Å²) < 4.78 is 0. The minimum atomic E-state index is -2.04. The summed E-state index contributed by atoms with van der Waals surface area (Å²) in [4.78, 5) is 9.98. The van der Waals surface area contributed by atoms with Crippen molar-refractivity contribution < 1.29 is 0 Å². The second kappa shape index (κ2) is 5.96. The van der Waals surface area contributed by atoms with Gasteiger partial charge < -0.3 is 0 Å². The van der Waals surface area contributed by atoms with E-state index in [9.17, 15) is 0 Å². The van der Waals surface area contributed by atoms with Crippen molar-refractivity contribution >= 4 is 0 Å². The lowest BCUT2D eigenvalue weighted by Gasteiger charge is -2.34. The molecule has 88 valence electrons. The summed E-state index contributed by atoms with van der Waals surface area (Å²) in [6.07, 6.45) is 0. The summed E-state index contributed by atoms with van der Waals surface area (Å²) in [7, 11) is 0. The second-order valence-corrected chi connectivity index (χ2v) is 3.48. The molecule has 0 bridgehead atoms. The van der Waals surface area contributed by atoms with Crippen LogP contribution in [0.3, 0.4) is 0 Å². The monoisotopic (exact) mass is 236 g/mol. The van der Waals surface area contributed by atoms with Gasteiger partial charge in [-0.3, -0.25) is 0 Å². The third kappa shape index (κ3) is 3.10. The Kier molecular flexibility index (Phi) is 4.99. The van der Waals surface area contributed by atoms with Crippen LogP contribution in [0.5, 0.6) is 0 Å². The van der Waals surface area contributed by atoms with Crippen molar-refractivity contribution in [3.63, 3.8) is 0 Å². The van der Waals surface area contributed by atoms with E-state index in [1.54, 1.807) is 0 Å². The maximum Gasteiger partial charge on any atom is 0.209 e. The number of rotatable bonds is 6. The molecule has 0 rings (SSSR count). The third-order valence-corrected chi connectivity index (χ3v) is 1.99. The SMILES string of the molecule is CC(C)(CN=[N+]=[N-])C(N=[N+]=[N-])(N=[N+]=[N-])N=[N+]=[N-]. The van der Waals surface area contributed by atoms with Gasteiger partial charge in [-0.1, -0.05) is 34.3 Å². The Balaban J connectivity index is 5.87. The molecular weight excluding hydrogens is 228 g/mol. The highest BCUT2D eigenvalue weighted by Crippen LogP contribution is 2.38. The van der Waals surface area contributed by atoms with Gasteiger partial charge in [0.2, 0.25) is 5.79 Å². The molecule has 0 aliphatic rings. The minimum Gasteiger partial charge on any atom is -0.0934 e. The lowest BCUT2D eigenvalue weighted by atomic mass is 9.85. The van der Waals surface area contributed by atoms with E-state index in [-0.39, 0.29) is 6.54 Å². The lowest BCUT2D eigenvalue weighted by molar-refractivity contribution is 0.186. The van der Waals surface area contributed by atoms with E-state index in [0.717, 1.165) is 0 Å². The average molecular weight is 236 g/mol. The molecule has 0 aromatic heterocycles. The van der Waals surface area contributed by atoms with Crippen LogP contribution in [-0.4, -0.2) is 12.3 Å². The van der Waals surface area contributed by atoms with Crippen LogP contribution in [0.15, 0.2) is 20.5 Å². The van der Waals surface area contributed by atoms with Crippen LogP contribution >= 0.6 is 0 Å². The molecule has 0 aliphatic heterocycles. The van der Waals surface area contributed by atoms with Gasteiger partial charge in [-0.05, 0) is 27.5 Å². The topological polar surface area (TPSA) is 195 Å². The predicted molar refractivity (Wildman–Crippen MR) is 58.0 cm³/mol. The number of azide groups is 2. The summed E-state index contributed by atoms with van der Waals surface area (Å²) in [6.45, 7) is 2.76. The quantitative estimate of drug-likeness (QED) is 0.366. The Bertz CT molecular complexity index is 418. The van der Waals surface area contributed by atoms with E-state index in [1.807, 2.05) is 0 Å². The van der Waals surface area contributed by atoms with Crippen LogP contribution in [0.4, 0.5) is 0 Å². The summed E-state index contributed by atoms with van der Waals surface area (Å²) in [5, 5.41) is 12.9. The highest BCUT2D eigenvalue weighted by Gasteiger charge is 2.43. The van der Waals surface area contributed by atoms with Gasteiger partial charge in [0.25, 0.3) is 0 Å². The highest BCUT2D eigenvalue weighted by atomic mass is 15.5. The second-order valence-electron chi connectivity index (χ2n) is 3.48. The molecule has 0 unspecified atom stereocenters. The molecule has 0 saturated heterocycles. The van der Waals surface area contributed by atoms with Crippen molar-refractivity contribution in [3.8, 4) is 0 Å². The van der Waals surface area contributed by atoms with Gasteiger partial charge in [-0.2, -0.15) is 0 Å². The fourth-order valence-electron chi connectivity index (χ4n) is 0.968. The van der Waals surface area contributed by atoms with E-state index in [1.165, 1.54) is 13.8 Å². The molecule has 0 aromatic carbocycles. The highest BCUT2D eigenvalue weighted by molar-refractivity contribution is 4.98. The summed E-state index contributed by atoms with van der Waals surface area (Å²) in [6, 6.07) is 0. The lowest BCUT2D eigenvalue weighted by Crippen LogP contribution is -2.40. The number of hydrogen-bond acceptors (Lipinski definition) is 4. The maximum absolute atomic E-state index is 8.43. The average Bonchev–Trinajstić information content (AvgIpc) is 2.27. The fourth-order valence-corrected chi connectivity index (χ4v) is 0.968. The van der Waals surface area contributed by atoms with E-state index in [0.29, 0.717) is 0 Å². The van der Waals surface area contributed by atoms with Crippen molar-refractivity contribution in [3.05, 3.63) is 41.8 Å². The third-order valence-electron chi connectivity index (χ3n) is 1.99. The molecule has 0 aromatic rings. The van der Waals surface area contributed by atoms with E-state index in [2.05, 4.69) is 40.1 Å². The normalized spacial score (nSPS) is 12.8. The smallest absolute Gasteiger partial charge is 0.0934 e. The maximum atomic E-state index is 8.43. The Morgan fingerprint density at radius 3 is 1.53 bits per heavy atom. The van der Waals surface area contributed by atoms with Gasteiger partial charge >= 0.3 is 0 Å². The molecule has 0 N–H and O–H groups in total. The molecule has 0 atom stereocenters. The number of hydrogen-bond donors (Lipinski definition) is 0. The minimum absolute atomic E-state index is 0.180. The first-order chi connectivity index (χ1) is 7.99. The molecule has 0 heterocycles. The van der Waals surface area contributed by atoms with Crippen molar-refractivity contribution in [2.45, 2.75) is 19.6 Å². The van der Waals surface area contributed by atoms with Crippen molar-refractivity contribution in [1.82, 2.24) is 0 Å². The Morgan fingerprint density at radius 2 is 1.24 bits per heavy atom. The van der Waals surface area contributed by atoms with Crippen LogP contribution in [0.2, 0.25) is 0 Å². The van der Waals surface area contributed by atoms with Gasteiger partial charge in [0.15, 0.2) is 0 Å². The first kappa shape index (κ1) is 14.2. The Morgan fingerprint density at radius 1 is 0.824 bits per heavy atom. The van der Waals surface area contributed by atoms with Crippen LogP contribution in [-0.2, 0) is 0 Å². The Labute approximate surface area is 94.7 Å². The van der Waals surface area contributed by atoms with Crippen LogP contribution in [0.25, 0.3) is 41.8 Å². The molecule has 0 aliphatic carbocycles. The van der Waals surface area contributed by atoms with Crippen LogP contribution in [0.1, 0.15) is 13.8 Å². The molecule has 0 spiro atoms. The first-order valence-corrected chi connectivity index (χ1v) is 4.19. The van der Waals surface area contributed by atoms with Crippen molar-refractivity contribution in [2.24, 2.45) is 25.9 Å². The first-order valence-electron chi connectivity index (χ1n) is 4.19. The molecule has 12 nitrogen and oxygen atoms in total. The van der Waals surface area contributed by atoms with E-state index in [4.69, 9.17) is 22.1 Å². The standard InChI is InChI=1S/C5H8N12/c1-4(2,3-10-14-6)5(11-15-7,12-16-8)13-17-9/h3H2,1-2H3. The van der Waals surface area contributed by atoms with Gasteiger partial charge in [0, 0.05) is 26.2 Å². The van der Waals surface area contributed by atoms with Gasteiger partial charge in [-0.25, -0.2) is 0 Å². The fraction of sp³-hybridized carbons (Fsp3) is 1.00. The Hall–Kier alpha value is -2.76. The van der Waals surface area contributed by atoms with Gasteiger partial charge in [-0.15, -0.1) is 0 Å². The van der Waals surface area contributed by atoms with Crippen LogP contribution < -0.4 is 0 Å². The largest absolute Gasteiger partial charge is 0.209 e. The van der Waals surface area contributed by atoms with Crippen molar-refractivity contribution in [1.29, 1.82) is 0 Å². The zero-order valence-electron chi connectivity index (χ0n) is 9.07. The molecule has 0 fully saturated rings. The van der Waals surface area contributed by atoms with Gasteiger partial charge in [0.05, 0.1) is 0 Å². The van der Waals surface area contributed by atoms with E-state index >= 15 is 0 Å². The van der Waals surface area contributed by atoms with Crippen LogP contribution in [0, 0.1) is 5.41 Å². The summed E-state index contributed by atoms with van der Waals surface area (Å²) in [5.74, 6) is -2.04. The predicted octanol–water partition coefficient (Wildman–Crippen LogP) is 3.91. The van der Waals surface area contributed by atoms with E-state index < -0.39 is 11.2 Å². The zero-order valence-corrected chi connectivity index (χ0v) is 9.07.